The highest BCUT2D eigenvalue weighted by atomic mass is 16.5. The van der Waals surface area contributed by atoms with Crippen LogP contribution in [-0.2, 0) is 11.8 Å². The van der Waals surface area contributed by atoms with Gasteiger partial charge >= 0.3 is 5.97 Å². The van der Waals surface area contributed by atoms with E-state index in [1.807, 2.05) is 68.4 Å². The minimum Gasteiger partial charge on any atom is -0.491 e. The van der Waals surface area contributed by atoms with Gasteiger partial charge in [-0.15, -0.1) is 0 Å². The van der Waals surface area contributed by atoms with Crippen molar-refractivity contribution in [1.29, 1.82) is 0 Å². The highest BCUT2D eigenvalue weighted by Gasteiger charge is 2.23. The molecule has 0 aliphatic heterocycles. The molecule has 0 aliphatic carbocycles. The number of esters is 1. The van der Waals surface area contributed by atoms with E-state index < -0.39 is 0 Å². The van der Waals surface area contributed by atoms with Gasteiger partial charge in [-0.25, -0.2) is 4.79 Å². The summed E-state index contributed by atoms with van der Waals surface area (Å²) in [6.45, 7) is 10.5. The first-order chi connectivity index (χ1) is 14.3. The summed E-state index contributed by atoms with van der Waals surface area (Å²) in [6, 6.07) is 23.5. The standard InChI is InChI=1S/C27H30O3/c1-6-20-8-7-9-21(18-20)26(28)30-25-16-12-23(13-17-25)27(4,5)22-10-14-24(15-11-22)29-19(2)3/h7-19H,6H2,1-5H3. The number of hydrogen-bond acceptors (Lipinski definition) is 3. The molecule has 3 aromatic carbocycles. The molecule has 30 heavy (non-hydrogen) atoms. The molecule has 0 N–H and O–H groups in total. The van der Waals surface area contributed by atoms with Gasteiger partial charge in [-0.05, 0) is 73.4 Å². The van der Waals surface area contributed by atoms with Crippen LogP contribution in [-0.4, -0.2) is 12.1 Å². The Morgan fingerprint density at radius 3 is 1.97 bits per heavy atom. The van der Waals surface area contributed by atoms with Crippen LogP contribution in [0, 0.1) is 0 Å². The largest absolute Gasteiger partial charge is 0.491 e. The summed E-state index contributed by atoms with van der Waals surface area (Å²) in [5, 5.41) is 0. The minimum atomic E-state index is -0.335. The smallest absolute Gasteiger partial charge is 0.343 e. The van der Waals surface area contributed by atoms with Gasteiger partial charge in [-0.3, -0.25) is 0 Å². The van der Waals surface area contributed by atoms with Crippen molar-refractivity contribution < 1.29 is 14.3 Å². The van der Waals surface area contributed by atoms with Crippen LogP contribution in [0.15, 0.2) is 72.8 Å². The monoisotopic (exact) mass is 402 g/mol. The Balaban J connectivity index is 1.73. The summed E-state index contributed by atoms with van der Waals surface area (Å²) in [5.74, 6) is 1.08. The molecule has 3 aromatic rings. The maximum absolute atomic E-state index is 12.5. The Morgan fingerprint density at radius 2 is 1.43 bits per heavy atom. The highest BCUT2D eigenvalue weighted by molar-refractivity contribution is 5.91. The molecule has 0 spiro atoms. The Kier molecular flexibility index (Phi) is 6.61. The van der Waals surface area contributed by atoms with Crippen molar-refractivity contribution in [2.45, 2.75) is 52.6 Å². The lowest BCUT2D eigenvalue weighted by molar-refractivity contribution is 0.0734. The van der Waals surface area contributed by atoms with E-state index in [9.17, 15) is 4.79 Å². The third kappa shape index (κ3) is 5.10. The van der Waals surface area contributed by atoms with Gasteiger partial charge < -0.3 is 9.47 Å². The molecular weight excluding hydrogens is 372 g/mol. The van der Waals surface area contributed by atoms with Crippen LogP contribution in [0.3, 0.4) is 0 Å². The molecule has 3 heteroatoms. The van der Waals surface area contributed by atoms with Crippen LogP contribution in [0.4, 0.5) is 0 Å². The average molecular weight is 403 g/mol. The molecule has 0 bridgehead atoms. The zero-order valence-electron chi connectivity index (χ0n) is 18.4. The summed E-state index contributed by atoms with van der Waals surface area (Å²) in [6.07, 6.45) is 1.04. The molecule has 3 nitrogen and oxygen atoms in total. The Morgan fingerprint density at radius 1 is 0.867 bits per heavy atom. The van der Waals surface area contributed by atoms with Gasteiger partial charge in [-0.2, -0.15) is 0 Å². The molecule has 0 fully saturated rings. The van der Waals surface area contributed by atoms with Crippen molar-refractivity contribution in [3.63, 3.8) is 0 Å². The maximum Gasteiger partial charge on any atom is 0.343 e. The van der Waals surface area contributed by atoms with Gasteiger partial charge in [0.25, 0.3) is 0 Å². The third-order valence-corrected chi connectivity index (χ3v) is 5.31. The fourth-order valence-electron chi connectivity index (χ4n) is 3.41. The molecular formula is C27H30O3. The zero-order chi connectivity index (χ0) is 21.7. The number of rotatable bonds is 7. The summed E-state index contributed by atoms with van der Waals surface area (Å²) in [5.41, 5.74) is 3.84. The van der Waals surface area contributed by atoms with Crippen molar-refractivity contribution in [3.8, 4) is 11.5 Å². The lowest BCUT2D eigenvalue weighted by atomic mass is 9.78. The molecule has 0 heterocycles. The van der Waals surface area contributed by atoms with Crippen LogP contribution in [0.2, 0.25) is 0 Å². The first-order valence-corrected chi connectivity index (χ1v) is 10.5. The number of carbonyl (C=O) groups excluding carboxylic acids is 1. The predicted molar refractivity (Wildman–Crippen MR) is 122 cm³/mol. The van der Waals surface area contributed by atoms with Crippen molar-refractivity contribution in [2.75, 3.05) is 0 Å². The molecule has 0 radical (unpaired) electrons. The molecule has 0 amide bonds. The van der Waals surface area contributed by atoms with E-state index in [2.05, 4.69) is 32.9 Å². The van der Waals surface area contributed by atoms with Crippen molar-refractivity contribution in [3.05, 3.63) is 95.1 Å². The minimum absolute atomic E-state index is 0.156. The van der Waals surface area contributed by atoms with Crippen molar-refractivity contribution in [1.82, 2.24) is 0 Å². The van der Waals surface area contributed by atoms with Crippen molar-refractivity contribution in [2.24, 2.45) is 0 Å². The summed E-state index contributed by atoms with van der Waals surface area (Å²) in [7, 11) is 0. The van der Waals surface area contributed by atoms with E-state index >= 15 is 0 Å². The van der Waals surface area contributed by atoms with E-state index in [0.29, 0.717) is 11.3 Å². The quantitative estimate of drug-likeness (QED) is 0.331. The van der Waals surface area contributed by atoms with Gasteiger partial charge in [0.15, 0.2) is 0 Å². The van der Waals surface area contributed by atoms with Gasteiger partial charge in [-0.1, -0.05) is 57.2 Å². The first-order valence-electron chi connectivity index (χ1n) is 10.5. The van der Waals surface area contributed by atoms with E-state index in [4.69, 9.17) is 9.47 Å². The van der Waals surface area contributed by atoms with Gasteiger partial charge in [0, 0.05) is 5.41 Å². The first kappa shape index (κ1) is 21.6. The van der Waals surface area contributed by atoms with Crippen LogP contribution in [0.5, 0.6) is 11.5 Å². The second kappa shape index (κ2) is 9.17. The van der Waals surface area contributed by atoms with Crippen LogP contribution < -0.4 is 9.47 Å². The Bertz CT molecular complexity index is 983. The lowest BCUT2D eigenvalue weighted by Gasteiger charge is -2.26. The van der Waals surface area contributed by atoms with Crippen molar-refractivity contribution >= 4 is 5.97 Å². The van der Waals surface area contributed by atoms with Crippen LogP contribution in [0.25, 0.3) is 0 Å². The normalized spacial score (nSPS) is 11.4. The number of ether oxygens (including phenoxy) is 2. The van der Waals surface area contributed by atoms with Crippen LogP contribution in [0.1, 0.15) is 61.7 Å². The van der Waals surface area contributed by atoms with Gasteiger partial charge in [0.05, 0.1) is 11.7 Å². The number of aryl methyl sites for hydroxylation is 1. The fraction of sp³-hybridized carbons (Fsp3) is 0.296. The zero-order valence-corrected chi connectivity index (χ0v) is 18.4. The molecule has 0 saturated carbocycles. The van der Waals surface area contributed by atoms with Gasteiger partial charge in [0.1, 0.15) is 11.5 Å². The topological polar surface area (TPSA) is 35.5 Å². The van der Waals surface area contributed by atoms with E-state index in [1.165, 1.54) is 5.56 Å². The molecule has 0 saturated heterocycles. The summed E-state index contributed by atoms with van der Waals surface area (Å²) >= 11 is 0. The highest BCUT2D eigenvalue weighted by Crippen LogP contribution is 2.33. The maximum atomic E-state index is 12.5. The number of carbonyl (C=O) groups is 1. The molecule has 3 rings (SSSR count). The predicted octanol–water partition coefficient (Wildman–Crippen LogP) is 6.58. The summed E-state index contributed by atoms with van der Waals surface area (Å²) < 4.78 is 11.3. The molecule has 156 valence electrons. The lowest BCUT2D eigenvalue weighted by Crippen LogP contribution is -2.19. The third-order valence-electron chi connectivity index (χ3n) is 5.31. The number of hydrogen-bond donors (Lipinski definition) is 0. The fourth-order valence-corrected chi connectivity index (χ4v) is 3.41. The second-order valence-electron chi connectivity index (χ2n) is 8.28. The van der Waals surface area contributed by atoms with E-state index in [0.717, 1.165) is 23.3 Å². The van der Waals surface area contributed by atoms with E-state index in [-0.39, 0.29) is 17.5 Å². The molecule has 0 aliphatic rings. The Hall–Kier alpha value is -3.07. The van der Waals surface area contributed by atoms with Gasteiger partial charge in [0.2, 0.25) is 0 Å². The van der Waals surface area contributed by atoms with Crippen LogP contribution >= 0.6 is 0 Å². The SMILES string of the molecule is CCc1cccc(C(=O)Oc2ccc(C(C)(C)c3ccc(OC(C)C)cc3)cc2)c1. The molecule has 0 unspecified atom stereocenters. The van der Waals surface area contributed by atoms with E-state index in [1.54, 1.807) is 6.07 Å². The molecule has 0 aromatic heterocycles. The molecule has 0 atom stereocenters. The Labute approximate surface area is 179 Å². The second-order valence-corrected chi connectivity index (χ2v) is 8.28. The average Bonchev–Trinajstić information content (AvgIpc) is 2.74. The summed E-state index contributed by atoms with van der Waals surface area (Å²) in [4.78, 5) is 12.5. The number of benzene rings is 3.